The molecule has 0 amide bonds. The second-order valence-corrected chi connectivity index (χ2v) is 14.0. The number of aliphatic hydroxyl groups is 1. The molecular weight excluding hydrogens is 384 g/mol. The Morgan fingerprint density at radius 3 is 1.90 bits per heavy atom. The minimum Gasteiger partial charge on any atom is -0.407 e. The summed E-state index contributed by atoms with van der Waals surface area (Å²) in [6, 6.07) is 21.8. The van der Waals surface area contributed by atoms with Crippen LogP contribution in [-0.2, 0) is 4.43 Å². The molecule has 1 aliphatic carbocycles. The molecule has 3 heteroatoms. The molecule has 2 aromatic rings. The van der Waals surface area contributed by atoms with Crippen molar-refractivity contribution in [1.29, 1.82) is 0 Å². The van der Waals surface area contributed by atoms with Crippen molar-refractivity contribution in [3.8, 4) is 0 Å². The van der Waals surface area contributed by atoms with Crippen LogP contribution in [0.3, 0.4) is 0 Å². The fourth-order valence-electron chi connectivity index (χ4n) is 4.82. The highest BCUT2D eigenvalue weighted by molar-refractivity contribution is 6.99. The predicted molar refractivity (Wildman–Crippen MR) is 130 cm³/mol. The zero-order valence-electron chi connectivity index (χ0n) is 18.9. The number of hydrogen-bond donors (Lipinski definition) is 1. The maximum Gasteiger partial charge on any atom is 0.261 e. The number of benzene rings is 2. The summed E-state index contributed by atoms with van der Waals surface area (Å²) in [5.74, 6) is 0.577. The highest BCUT2D eigenvalue weighted by Gasteiger charge is 2.49. The molecular formula is C27H38O2Si. The van der Waals surface area contributed by atoms with Crippen LogP contribution in [0.15, 0.2) is 72.8 Å². The van der Waals surface area contributed by atoms with E-state index in [1.807, 2.05) is 6.08 Å². The van der Waals surface area contributed by atoms with Gasteiger partial charge in [0.25, 0.3) is 8.32 Å². The van der Waals surface area contributed by atoms with Gasteiger partial charge in [-0.1, -0.05) is 113 Å². The topological polar surface area (TPSA) is 29.5 Å². The van der Waals surface area contributed by atoms with Gasteiger partial charge in [0.15, 0.2) is 0 Å². The van der Waals surface area contributed by atoms with Gasteiger partial charge in [-0.3, -0.25) is 0 Å². The Balaban J connectivity index is 1.61. The zero-order valence-corrected chi connectivity index (χ0v) is 19.9. The SMILES string of the molecule is CC(C)(C)[Si](OCCCCCC[C@@H]1C=C[C@@H](O)C1)(c1ccccc1)c1ccccc1. The molecule has 2 nitrogen and oxygen atoms in total. The molecule has 0 spiro atoms. The number of hydrogen-bond acceptors (Lipinski definition) is 2. The summed E-state index contributed by atoms with van der Waals surface area (Å²) in [5, 5.41) is 12.4. The summed E-state index contributed by atoms with van der Waals surface area (Å²) >= 11 is 0. The van der Waals surface area contributed by atoms with Crippen LogP contribution in [0.1, 0.15) is 59.3 Å². The Hall–Kier alpha value is -1.68. The summed E-state index contributed by atoms with van der Waals surface area (Å²) in [4.78, 5) is 0. The molecule has 2 aromatic carbocycles. The highest BCUT2D eigenvalue weighted by Crippen LogP contribution is 2.36. The van der Waals surface area contributed by atoms with Crippen LogP contribution in [0.5, 0.6) is 0 Å². The Kier molecular flexibility index (Phi) is 8.10. The van der Waals surface area contributed by atoms with Gasteiger partial charge in [0.05, 0.1) is 6.10 Å². The van der Waals surface area contributed by atoms with Crippen LogP contribution >= 0.6 is 0 Å². The molecule has 0 aliphatic heterocycles. The number of allylic oxidation sites excluding steroid dienone is 1. The van der Waals surface area contributed by atoms with E-state index in [9.17, 15) is 5.11 Å². The van der Waals surface area contributed by atoms with Crippen LogP contribution in [-0.4, -0.2) is 26.1 Å². The van der Waals surface area contributed by atoms with Crippen molar-refractivity contribution in [2.45, 2.75) is 70.4 Å². The van der Waals surface area contributed by atoms with Gasteiger partial charge in [0.1, 0.15) is 0 Å². The highest BCUT2D eigenvalue weighted by atomic mass is 28.4. The summed E-state index contributed by atoms with van der Waals surface area (Å²) < 4.78 is 6.96. The van der Waals surface area contributed by atoms with E-state index in [4.69, 9.17) is 4.43 Å². The third-order valence-electron chi connectivity index (χ3n) is 6.35. The summed E-state index contributed by atoms with van der Waals surface area (Å²) in [5.41, 5.74) is 0. The van der Waals surface area contributed by atoms with E-state index < -0.39 is 8.32 Å². The summed E-state index contributed by atoms with van der Waals surface area (Å²) in [6.45, 7) is 7.82. The van der Waals surface area contributed by atoms with E-state index in [0.29, 0.717) is 5.92 Å². The van der Waals surface area contributed by atoms with E-state index >= 15 is 0 Å². The fraction of sp³-hybridized carbons (Fsp3) is 0.481. The molecule has 162 valence electrons. The van der Waals surface area contributed by atoms with Gasteiger partial charge in [-0.05, 0) is 40.6 Å². The fourth-order valence-corrected chi connectivity index (χ4v) is 9.42. The molecule has 0 aromatic heterocycles. The van der Waals surface area contributed by atoms with Crippen molar-refractivity contribution in [1.82, 2.24) is 0 Å². The van der Waals surface area contributed by atoms with Gasteiger partial charge in [-0.2, -0.15) is 0 Å². The molecule has 0 heterocycles. The lowest BCUT2D eigenvalue weighted by Gasteiger charge is -2.43. The van der Waals surface area contributed by atoms with Crippen LogP contribution in [0.4, 0.5) is 0 Å². The van der Waals surface area contributed by atoms with Gasteiger partial charge in [0.2, 0.25) is 0 Å². The lowest BCUT2D eigenvalue weighted by atomic mass is 10.00. The first-order valence-electron chi connectivity index (χ1n) is 11.5. The van der Waals surface area contributed by atoms with Crippen LogP contribution in [0.25, 0.3) is 0 Å². The van der Waals surface area contributed by atoms with Crippen LogP contribution in [0, 0.1) is 5.92 Å². The standard InChI is InChI=1S/C27H38O2Si/c1-27(2,3)30(25-15-9-6-10-16-25,26-17-11-7-12-18-26)29-21-13-5-4-8-14-23-19-20-24(28)22-23/h6-7,9-12,15-20,23-24,28H,4-5,8,13-14,21-22H2,1-3H3/t23-,24-/m1/s1. The Morgan fingerprint density at radius 2 is 1.40 bits per heavy atom. The summed E-state index contributed by atoms with van der Waals surface area (Å²) in [6.07, 6.45) is 10.8. The van der Waals surface area contributed by atoms with E-state index in [0.717, 1.165) is 19.4 Å². The quantitative estimate of drug-likeness (QED) is 0.313. The average molecular weight is 423 g/mol. The van der Waals surface area contributed by atoms with E-state index in [-0.39, 0.29) is 11.1 Å². The minimum absolute atomic E-state index is 0.0470. The second-order valence-electron chi connectivity index (χ2n) is 9.66. The summed E-state index contributed by atoms with van der Waals surface area (Å²) in [7, 11) is -2.38. The van der Waals surface area contributed by atoms with Crippen molar-refractivity contribution in [3.63, 3.8) is 0 Å². The van der Waals surface area contributed by atoms with Crippen molar-refractivity contribution in [3.05, 3.63) is 72.8 Å². The molecule has 2 atom stereocenters. The third-order valence-corrected chi connectivity index (χ3v) is 11.4. The first-order chi connectivity index (χ1) is 14.4. The molecule has 0 radical (unpaired) electrons. The maximum atomic E-state index is 9.60. The largest absolute Gasteiger partial charge is 0.407 e. The third kappa shape index (κ3) is 5.51. The van der Waals surface area contributed by atoms with Crippen molar-refractivity contribution < 1.29 is 9.53 Å². The molecule has 1 N–H and O–H groups in total. The first-order valence-corrected chi connectivity index (χ1v) is 13.5. The number of rotatable bonds is 10. The van der Waals surface area contributed by atoms with Crippen LogP contribution < -0.4 is 10.4 Å². The van der Waals surface area contributed by atoms with Gasteiger partial charge in [-0.15, -0.1) is 0 Å². The van der Waals surface area contributed by atoms with Crippen LogP contribution in [0.2, 0.25) is 5.04 Å². The number of unbranched alkanes of at least 4 members (excludes halogenated alkanes) is 3. The number of aliphatic hydroxyl groups excluding tert-OH is 1. The molecule has 0 bridgehead atoms. The molecule has 3 rings (SSSR count). The van der Waals surface area contributed by atoms with Crippen molar-refractivity contribution in [2.24, 2.45) is 5.92 Å². The van der Waals surface area contributed by atoms with E-state index in [2.05, 4.69) is 87.5 Å². The Morgan fingerprint density at radius 1 is 0.833 bits per heavy atom. The normalized spacial score (nSPS) is 19.3. The molecule has 0 fully saturated rings. The second kappa shape index (κ2) is 10.6. The van der Waals surface area contributed by atoms with Gasteiger partial charge < -0.3 is 9.53 Å². The molecule has 1 aliphatic rings. The van der Waals surface area contributed by atoms with Gasteiger partial charge in [0, 0.05) is 6.61 Å². The maximum absolute atomic E-state index is 9.60. The molecule has 0 unspecified atom stereocenters. The van der Waals surface area contributed by atoms with Crippen molar-refractivity contribution in [2.75, 3.05) is 6.61 Å². The van der Waals surface area contributed by atoms with Crippen molar-refractivity contribution >= 4 is 18.7 Å². The molecule has 0 saturated heterocycles. The lowest BCUT2D eigenvalue weighted by molar-refractivity contribution is 0.207. The average Bonchev–Trinajstić information content (AvgIpc) is 3.15. The zero-order chi connectivity index (χ0) is 21.5. The smallest absolute Gasteiger partial charge is 0.261 e. The Labute approximate surface area is 184 Å². The lowest BCUT2D eigenvalue weighted by Crippen LogP contribution is -2.66. The molecule has 30 heavy (non-hydrogen) atoms. The van der Waals surface area contributed by atoms with E-state index in [1.54, 1.807) is 0 Å². The predicted octanol–water partition coefficient (Wildman–Crippen LogP) is 5.45. The first kappa shape index (κ1) is 23.0. The van der Waals surface area contributed by atoms with Gasteiger partial charge >= 0.3 is 0 Å². The minimum atomic E-state index is -2.38. The van der Waals surface area contributed by atoms with Gasteiger partial charge in [-0.25, -0.2) is 0 Å². The van der Waals surface area contributed by atoms with E-state index in [1.165, 1.54) is 36.1 Å². The monoisotopic (exact) mass is 422 g/mol. The molecule has 0 saturated carbocycles. The Bertz CT molecular complexity index is 740.